The molecular weight excluding hydrogens is 516 g/mol. The minimum absolute atomic E-state index is 0.0377. The summed E-state index contributed by atoms with van der Waals surface area (Å²) in [4.78, 5) is 57.0. The van der Waals surface area contributed by atoms with Crippen LogP contribution >= 0.6 is 12.6 Å². The third kappa shape index (κ3) is 8.93. The van der Waals surface area contributed by atoms with Gasteiger partial charge in [-0.3, -0.25) is 19.4 Å². The molecule has 1 aromatic heterocycles. The van der Waals surface area contributed by atoms with Crippen molar-refractivity contribution in [2.45, 2.75) is 43.4 Å². The highest BCUT2D eigenvalue weighted by molar-refractivity contribution is 7.80. The third-order valence-corrected chi connectivity index (χ3v) is 6.03. The van der Waals surface area contributed by atoms with Gasteiger partial charge in [0, 0.05) is 35.8 Å². The Labute approximate surface area is 224 Å². The largest absolute Gasteiger partial charge is 0.480 e. The molecule has 1 heterocycles. The first-order chi connectivity index (χ1) is 18.1. The molecule has 208 valence electrons. The van der Waals surface area contributed by atoms with Crippen LogP contribution < -0.4 is 33.2 Å². The molecule has 1 aromatic carbocycles. The Morgan fingerprint density at radius 3 is 2.26 bits per heavy atom. The summed E-state index contributed by atoms with van der Waals surface area (Å²) in [7, 11) is 0. The number of nitrogens with one attached hydrogen (secondary N) is 4. The number of nitrogens with zero attached hydrogens (tertiary/aromatic N) is 1. The monoisotopic (exact) mass is 550 g/mol. The van der Waals surface area contributed by atoms with Gasteiger partial charge in [-0.25, -0.2) is 4.79 Å². The van der Waals surface area contributed by atoms with E-state index in [1.807, 2.05) is 24.3 Å². The van der Waals surface area contributed by atoms with Crippen molar-refractivity contribution in [3.8, 4) is 0 Å². The van der Waals surface area contributed by atoms with E-state index in [4.69, 9.17) is 17.2 Å². The fourth-order valence-corrected chi connectivity index (χ4v) is 3.76. The second kappa shape index (κ2) is 14.8. The molecular formula is C23H34N8O6S. The topological polar surface area (TPSA) is 251 Å². The molecule has 0 aliphatic rings. The number of hydrogen-bond acceptors (Lipinski definition) is 8. The second-order valence-corrected chi connectivity index (χ2v) is 8.87. The summed E-state index contributed by atoms with van der Waals surface area (Å²) in [6.07, 6.45) is 2.08. The van der Waals surface area contributed by atoms with Crippen molar-refractivity contribution in [1.82, 2.24) is 20.9 Å². The summed E-state index contributed by atoms with van der Waals surface area (Å²) >= 11 is 4.03. The molecule has 38 heavy (non-hydrogen) atoms. The number of aliphatic hydroxyl groups is 1. The SMILES string of the molecule is NC(N)=NCCCC(NC(=O)C(Cc1c[nH]c2ccccc12)NC(=O)C(N)CS)C(=O)NC(CO)C(=O)O. The average Bonchev–Trinajstić information content (AvgIpc) is 3.30. The molecule has 4 unspecified atom stereocenters. The molecule has 12 N–H and O–H groups in total. The first-order valence-electron chi connectivity index (χ1n) is 11.8. The number of aromatic nitrogens is 1. The molecule has 4 atom stereocenters. The Hall–Kier alpha value is -3.82. The summed E-state index contributed by atoms with van der Waals surface area (Å²) in [5, 5.41) is 26.7. The smallest absolute Gasteiger partial charge is 0.328 e. The van der Waals surface area contributed by atoms with Crippen molar-refractivity contribution in [2.75, 3.05) is 18.9 Å². The minimum atomic E-state index is -1.57. The number of carboxylic acids is 1. The maximum absolute atomic E-state index is 13.4. The van der Waals surface area contributed by atoms with E-state index in [2.05, 4.69) is 38.6 Å². The quantitative estimate of drug-likeness (QED) is 0.0488. The number of rotatable bonds is 15. The maximum Gasteiger partial charge on any atom is 0.328 e. The van der Waals surface area contributed by atoms with Gasteiger partial charge in [-0.15, -0.1) is 0 Å². The van der Waals surface area contributed by atoms with Crippen LogP contribution in [-0.4, -0.2) is 87.9 Å². The number of carboxylic acid groups (broad SMARTS) is 1. The van der Waals surface area contributed by atoms with Crippen LogP contribution in [-0.2, 0) is 25.6 Å². The molecule has 14 nitrogen and oxygen atoms in total. The number of guanidine groups is 1. The molecule has 2 aromatic rings. The highest BCUT2D eigenvalue weighted by atomic mass is 32.1. The molecule has 0 bridgehead atoms. The van der Waals surface area contributed by atoms with E-state index in [-0.39, 0.29) is 37.5 Å². The second-order valence-electron chi connectivity index (χ2n) is 8.51. The lowest BCUT2D eigenvalue weighted by molar-refractivity contribution is -0.143. The zero-order valence-corrected chi connectivity index (χ0v) is 21.5. The number of benzene rings is 1. The zero-order valence-electron chi connectivity index (χ0n) is 20.6. The number of carbonyl (C=O) groups is 4. The fraction of sp³-hybridized carbons (Fsp3) is 0.435. The Kier molecular flexibility index (Phi) is 11.8. The molecule has 3 amide bonds. The number of aromatic amines is 1. The molecule has 0 saturated carbocycles. The number of aliphatic hydroxyl groups excluding tert-OH is 1. The predicted molar refractivity (Wildman–Crippen MR) is 144 cm³/mol. The van der Waals surface area contributed by atoms with Gasteiger partial charge in [-0.2, -0.15) is 12.6 Å². The van der Waals surface area contributed by atoms with E-state index in [1.165, 1.54) is 0 Å². The summed E-state index contributed by atoms with van der Waals surface area (Å²) in [5.41, 5.74) is 18.0. The average molecular weight is 551 g/mol. The van der Waals surface area contributed by atoms with Crippen molar-refractivity contribution in [1.29, 1.82) is 0 Å². The number of hydrogen-bond donors (Lipinski definition) is 10. The molecule has 0 fully saturated rings. The number of para-hydroxylation sites is 1. The highest BCUT2D eigenvalue weighted by Gasteiger charge is 2.30. The van der Waals surface area contributed by atoms with Gasteiger partial charge in [0.25, 0.3) is 0 Å². The number of H-pyrrole nitrogens is 1. The van der Waals surface area contributed by atoms with E-state index in [0.717, 1.165) is 16.5 Å². The summed E-state index contributed by atoms with van der Waals surface area (Å²) in [6, 6.07) is 2.51. The molecule has 0 aliphatic carbocycles. The molecule has 0 aliphatic heterocycles. The van der Waals surface area contributed by atoms with Crippen molar-refractivity contribution in [2.24, 2.45) is 22.2 Å². The van der Waals surface area contributed by atoms with Gasteiger partial charge in [-0.1, -0.05) is 18.2 Å². The van der Waals surface area contributed by atoms with E-state index in [9.17, 15) is 29.4 Å². The number of fused-ring (bicyclic) bond motifs is 1. The first kappa shape index (κ1) is 30.4. The van der Waals surface area contributed by atoms with E-state index in [1.54, 1.807) is 6.20 Å². The molecule has 2 rings (SSSR count). The van der Waals surface area contributed by atoms with Crippen LogP contribution in [0.25, 0.3) is 10.9 Å². The number of amides is 3. The van der Waals surface area contributed by atoms with Crippen LogP contribution in [0.1, 0.15) is 18.4 Å². The normalized spacial score (nSPS) is 14.1. The van der Waals surface area contributed by atoms with E-state index < -0.39 is 54.5 Å². The van der Waals surface area contributed by atoms with E-state index in [0.29, 0.717) is 0 Å². The molecule has 0 radical (unpaired) electrons. The fourth-order valence-electron chi connectivity index (χ4n) is 3.59. The minimum Gasteiger partial charge on any atom is -0.480 e. The molecule has 15 heteroatoms. The Bertz CT molecular complexity index is 1150. The van der Waals surface area contributed by atoms with Gasteiger partial charge in [0.1, 0.15) is 18.1 Å². The zero-order chi connectivity index (χ0) is 28.2. The molecule has 0 spiro atoms. The lowest BCUT2D eigenvalue weighted by atomic mass is 10.0. The van der Waals surface area contributed by atoms with E-state index >= 15 is 0 Å². The lowest BCUT2D eigenvalue weighted by Crippen LogP contribution is -2.58. The maximum atomic E-state index is 13.4. The summed E-state index contributed by atoms with van der Waals surface area (Å²) in [5.74, 6) is -3.71. The van der Waals surface area contributed by atoms with Crippen molar-refractivity contribution in [3.63, 3.8) is 0 Å². The van der Waals surface area contributed by atoms with Crippen LogP contribution in [0.2, 0.25) is 0 Å². The Morgan fingerprint density at radius 2 is 1.63 bits per heavy atom. The summed E-state index contributed by atoms with van der Waals surface area (Å²) in [6.45, 7) is -0.701. The Balaban J connectivity index is 2.28. The van der Waals surface area contributed by atoms with Crippen LogP contribution in [0.4, 0.5) is 0 Å². The lowest BCUT2D eigenvalue weighted by Gasteiger charge is -2.25. The first-order valence-corrected chi connectivity index (χ1v) is 12.4. The number of aliphatic carboxylic acids is 1. The van der Waals surface area contributed by atoms with Gasteiger partial charge >= 0.3 is 5.97 Å². The third-order valence-electron chi connectivity index (χ3n) is 5.64. The number of aliphatic imine (C=N–C) groups is 1. The van der Waals surface area contributed by atoms with Crippen LogP contribution in [0.5, 0.6) is 0 Å². The van der Waals surface area contributed by atoms with Crippen molar-refractivity contribution in [3.05, 3.63) is 36.0 Å². The highest BCUT2D eigenvalue weighted by Crippen LogP contribution is 2.19. The summed E-state index contributed by atoms with van der Waals surface area (Å²) < 4.78 is 0. The number of nitrogens with two attached hydrogens (primary N) is 3. The number of carbonyl (C=O) groups excluding carboxylic acids is 3. The van der Waals surface area contributed by atoms with Crippen LogP contribution in [0.3, 0.4) is 0 Å². The van der Waals surface area contributed by atoms with Gasteiger partial charge in [-0.05, 0) is 24.5 Å². The van der Waals surface area contributed by atoms with Gasteiger partial charge in [0.15, 0.2) is 5.96 Å². The van der Waals surface area contributed by atoms with Gasteiger partial charge < -0.3 is 48.3 Å². The Morgan fingerprint density at radius 1 is 1.00 bits per heavy atom. The van der Waals surface area contributed by atoms with Crippen LogP contribution in [0.15, 0.2) is 35.5 Å². The van der Waals surface area contributed by atoms with Crippen LogP contribution in [0, 0.1) is 0 Å². The van der Waals surface area contributed by atoms with Gasteiger partial charge in [0.2, 0.25) is 17.7 Å². The van der Waals surface area contributed by atoms with Crippen molar-refractivity contribution >= 4 is 53.2 Å². The standard InChI is InChI=1S/C23H34N8O6S/c24-14(11-38)19(33)30-17(8-12-9-28-15-5-2-1-4-13(12)15)21(35)29-16(6-3-7-27-23(25)26)20(34)31-18(10-32)22(36)37/h1-2,4-5,9,14,16-18,28,32,38H,3,6-8,10-11,24H2,(H,29,35)(H,30,33)(H,31,34)(H,36,37)(H4,25,26,27). The molecule has 0 saturated heterocycles. The number of thiol groups is 1. The van der Waals surface area contributed by atoms with Crippen molar-refractivity contribution < 1.29 is 29.4 Å². The van der Waals surface area contributed by atoms with Gasteiger partial charge in [0.05, 0.1) is 12.6 Å². The predicted octanol–water partition coefficient (Wildman–Crippen LogP) is -2.45.